The number of nitrogens with one attached hydrogen (secondary N) is 1. The van der Waals surface area contributed by atoms with Gasteiger partial charge in [0, 0.05) is 12.6 Å². The third-order valence-corrected chi connectivity index (χ3v) is 6.85. The van der Waals surface area contributed by atoms with Crippen LogP contribution in [-0.4, -0.2) is 50.0 Å². The van der Waals surface area contributed by atoms with Crippen molar-refractivity contribution in [1.82, 2.24) is 10.2 Å². The van der Waals surface area contributed by atoms with Crippen molar-refractivity contribution in [3.63, 3.8) is 0 Å². The molecule has 0 aliphatic heterocycles. The second-order valence-electron chi connectivity index (χ2n) is 8.23. The van der Waals surface area contributed by atoms with Crippen LogP contribution in [-0.2, 0) is 26.2 Å². The zero-order chi connectivity index (χ0) is 24.8. The highest BCUT2D eigenvalue weighted by molar-refractivity contribution is 7.92. The predicted octanol–water partition coefficient (Wildman–Crippen LogP) is 3.75. The molecule has 2 atom stereocenters. The molecular formula is C24H32ClN3O4S. The summed E-state index contributed by atoms with van der Waals surface area (Å²) in [5.74, 6) is -0.803. The van der Waals surface area contributed by atoms with Gasteiger partial charge in [0.1, 0.15) is 12.6 Å². The Morgan fingerprint density at radius 1 is 1.09 bits per heavy atom. The lowest BCUT2D eigenvalue weighted by molar-refractivity contribution is -0.139. The molecule has 0 aliphatic carbocycles. The number of benzene rings is 2. The number of nitrogens with zero attached hydrogens (tertiary/aromatic N) is 2. The van der Waals surface area contributed by atoms with Crippen LogP contribution in [0.25, 0.3) is 0 Å². The Morgan fingerprint density at radius 3 is 2.33 bits per heavy atom. The van der Waals surface area contributed by atoms with Crippen LogP contribution in [0.2, 0.25) is 5.02 Å². The summed E-state index contributed by atoms with van der Waals surface area (Å²) < 4.78 is 26.1. The van der Waals surface area contributed by atoms with Crippen molar-refractivity contribution < 1.29 is 18.0 Å². The zero-order valence-corrected chi connectivity index (χ0v) is 21.3. The van der Waals surface area contributed by atoms with Gasteiger partial charge in [-0.2, -0.15) is 0 Å². The quantitative estimate of drug-likeness (QED) is 0.546. The molecule has 0 aromatic heterocycles. The van der Waals surface area contributed by atoms with Gasteiger partial charge in [0.25, 0.3) is 0 Å². The van der Waals surface area contributed by atoms with Crippen LogP contribution in [0, 0.1) is 6.92 Å². The molecule has 0 saturated heterocycles. The number of rotatable bonds is 10. The number of para-hydroxylation sites is 1. The van der Waals surface area contributed by atoms with Crippen molar-refractivity contribution in [2.24, 2.45) is 0 Å². The minimum atomic E-state index is -3.82. The van der Waals surface area contributed by atoms with Gasteiger partial charge in [-0.05, 0) is 44.9 Å². The van der Waals surface area contributed by atoms with Crippen molar-refractivity contribution in [2.75, 3.05) is 17.1 Å². The van der Waals surface area contributed by atoms with Gasteiger partial charge in [-0.1, -0.05) is 60.5 Å². The number of hydrogen-bond acceptors (Lipinski definition) is 4. The summed E-state index contributed by atoms with van der Waals surface area (Å²) in [7, 11) is -3.82. The Morgan fingerprint density at radius 2 is 1.76 bits per heavy atom. The van der Waals surface area contributed by atoms with Crippen molar-refractivity contribution >= 4 is 39.1 Å². The number of hydrogen-bond donors (Lipinski definition) is 1. The van der Waals surface area contributed by atoms with Gasteiger partial charge >= 0.3 is 0 Å². The molecule has 1 N–H and O–H groups in total. The van der Waals surface area contributed by atoms with E-state index in [1.165, 1.54) is 4.90 Å². The molecule has 0 aliphatic rings. The Labute approximate surface area is 201 Å². The van der Waals surface area contributed by atoms with E-state index in [4.69, 9.17) is 11.6 Å². The summed E-state index contributed by atoms with van der Waals surface area (Å²) in [5.41, 5.74) is 2.07. The summed E-state index contributed by atoms with van der Waals surface area (Å²) in [6.07, 6.45) is 1.77. The first kappa shape index (κ1) is 26.7. The molecular weight excluding hydrogens is 462 g/mol. The van der Waals surface area contributed by atoms with Gasteiger partial charge in [0.2, 0.25) is 21.8 Å². The molecule has 0 bridgehead atoms. The van der Waals surface area contributed by atoms with Crippen molar-refractivity contribution in [3.8, 4) is 0 Å². The normalized spacial score (nSPS) is 13.2. The number of carbonyl (C=O) groups excluding carboxylic acids is 2. The Hall–Kier alpha value is -2.58. The second-order valence-corrected chi connectivity index (χ2v) is 10.5. The second kappa shape index (κ2) is 11.5. The highest BCUT2D eigenvalue weighted by Gasteiger charge is 2.31. The number of aryl methyl sites for hydroxylation is 1. The monoisotopic (exact) mass is 493 g/mol. The van der Waals surface area contributed by atoms with Crippen LogP contribution in [0.15, 0.2) is 48.5 Å². The topological polar surface area (TPSA) is 86.8 Å². The lowest BCUT2D eigenvalue weighted by Gasteiger charge is -2.32. The fourth-order valence-corrected chi connectivity index (χ4v) is 4.45. The standard InChI is InChI=1S/C24H32ClN3O4S/c1-6-18(3)26-24(30)19(4)27(15-20-11-9-10-17(2)14-20)23(29)16-28(33(5,31)32)22-13-8-7-12-21(22)25/h7-14,18-19H,6,15-16H2,1-5H3,(H,26,30)/t18-,19+/m1/s1. The van der Waals surface area contributed by atoms with E-state index in [0.29, 0.717) is 0 Å². The van der Waals surface area contributed by atoms with E-state index in [1.807, 2.05) is 45.0 Å². The zero-order valence-electron chi connectivity index (χ0n) is 19.7. The summed E-state index contributed by atoms with van der Waals surface area (Å²) in [6, 6.07) is 13.2. The van der Waals surface area contributed by atoms with Gasteiger partial charge in [-0.3, -0.25) is 13.9 Å². The SMILES string of the molecule is CC[C@@H](C)NC(=O)[C@H](C)N(Cc1cccc(C)c1)C(=O)CN(c1ccccc1Cl)S(C)(=O)=O. The molecule has 2 rings (SSSR count). The Kier molecular flexibility index (Phi) is 9.31. The van der Waals surface area contributed by atoms with Crippen LogP contribution >= 0.6 is 11.6 Å². The maximum Gasteiger partial charge on any atom is 0.244 e. The maximum absolute atomic E-state index is 13.5. The summed E-state index contributed by atoms with van der Waals surface area (Å²) in [5, 5.41) is 3.11. The lowest BCUT2D eigenvalue weighted by atomic mass is 10.1. The fraction of sp³-hybridized carbons (Fsp3) is 0.417. The first-order chi connectivity index (χ1) is 15.4. The number of carbonyl (C=O) groups is 2. The van der Waals surface area contributed by atoms with E-state index >= 15 is 0 Å². The first-order valence-electron chi connectivity index (χ1n) is 10.8. The van der Waals surface area contributed by atoms with Gasteiger partial charge in [-0.25, -0.2) is 8.42 Å². The molecule has 0 fully saturated rings. The van der Waals surface area contributed by atoms with E-state index in [-0.39, 0.29) is 29.2 Å². The van der Waals surface area contributed by atoms with Gasteiger partial charge in [-0.15, -0.1) is 0 Å². The van der Waals surface area contributed by atoms with Crippen molar-refractivity contribution in [2.45, 2.75) is 52.7 Å². The molecule has 180 valence electrons. The maximum atomic E-state index is 13.5. The van der Waals surface area contributed by atoms with Gasteiger partial charge in [0.15, 0.2) is 0 Å². The molecule has 7 nitrogen and oxygen atoms in total. The molecule has 0 heterocycles. The molecule has 0 unspecified atom stereocenters. The van der Waals surface area contributed by atoms with Crippen molar-refractivity contribution in [3.05, 3.63) is 64.7 Å². The van der Waals surface area contributed by atoms with Crippen molar-refractivity contribution in [1.29, 1.82) is 0 Å². The van der Waals surface area contributed by atoms with E-state index < -0.39 is 28.5 Å². The summed E-state index contributed by atoms with van der Waals surface area (Å²) in [6.45, 7) is 7.12. The van der Waals surface area contributed by atoms with Crippen LogP contribution in [0.4, 0.5) is 5.69 Å². The van der Waals surface area contributed by atoms with E-state index in [9.17, 15) is 18.0 Å². The minimum absolute atomic E-state index is 0.0495. The van der Waals surface area contributed by atoms with Crippen LogP contribution in [0.1, 0.15) is 38.3 Å². The highest BCUT2D eigenvalue weighted by Crippen LogP contribution is 2.27. The van der Waals surface area contributed by atoms with Gasteiger partial charge in [0.05, 0.1) is 17.0 Å². The molecule has 2 amide bonds. The lowest BCUT2D eigenvalue weighted by Crippen LogP contribution is -2.52. The number of amides is 2. The van der Waals surface area contributed by atoms with E-state index in [2.05, 4.69) is 5.32 Å². The van der Waals surface area contributed by atoms with E-state index in [0.717, 1.165) is 28.1 Å². The smallest absolute Gasteiger partial charge is 0.244 e. The molecule has 0 spiro atoms. The molecule has 33 heavy (non-hydrogen) atoms. The van der Waals surface area contributed by atoms with E-state index in [1.54, 1.807) is 31.2 Å². The molecule has 0 saturated carbocycles. The van der Waals surface area contributed by atoms with Gasteiger partial charge < -0.3 is 10.2 Å². The Balaban J connectivity index is 2.40. The highest BCUT2D eigenvalue weighted by atomic mass is 35.5. The molecule has 2 aromatic rings. The summed E-state index contributed by atoms with van der Waals surface area (Å²) >= 11 is 6.23. The minimum Gasteiger partial charge on any atom is -0.352 e. The van der Waals surface area contributed by atoms with Crippen LogP contribution < -0.4 is 9.62 Å². The molecule has 0 radical (unpaired) electrons. The number of anilines is 1. The van der Waals surface area contributed by atoms with Crippen LogP contribution in [0.5, 0.6) is 0 Å². The third-order valence-electron chi connectivity index (χ3n) is 5.40. The average Bonchev–Trinajstić information content (AvgIpc) is 2.75. The average molecular weight is 494 g/mol. The summed E-state index contributed by atoms with van der Waals surface area (Å²) in [4.78, 5) is 27.7. The predicted molar refractivity (Wildman–Crippen MR) is 133 cm³/mol. The largest absolute Gasteiger partial charge is 0.352 e. The number of halogens is 1. The molecule has 9 heteroatoms. The Bertz CT molecular complexity index is 1090. The third kappa shape index (κ3) is 7.47. The fourth-order valence-electron chi connectivity index (χ4n) is 3.30. The number of sulfonamides is 1. The first-order valence-corrected chi connectivity index (χ1v) is 13.0. The van der Waals surface area contributed by atoms with Crippen LogP contribution in [0.3, 0.4) is 0 Å². The molecule has 2 aromatic carbocycles.